The average molecular weight is 433 g/mol. The van der Waals surface area contributed by atoms with Crippen molar-refractivity contribution in [2.75, 3.05) is 12.4 Å². The largest absolute Gasteiger partial charge is 0.492 e. The summed E-state index contributed by atoms with van der Waals surface area (Å²) in [6.45, 7) is 0.546. The quantitative estimate of drug-likeness (QED) is 0.497. The number of carbonyl (C=O) groups excluding carboxylic acids is 1. The van der Waals surface area contributed by atoms with Gasteiger partial charge in [-0.15, -0.1) is 0 Å². The van der Waals surface area contributed by atoms with Gasteiger partial charge in [0, 0.05) is 22.4 Å². The Hall–Kier alpha value is -2.76. The maximum atomic E-state index is 12.8. The maximum Gasteiger partial charge on any atom is 0.239 e. The van der Waals surface area contributed by atoms with E-state index in [1.54, 1.807) is 0 Å². The van der Waals surface area contributed by atoms with Gasteiger partial charge in [-0.2, -0.15) is 0 Å². The van der Waals surface area contributed by atoms with Crippen LogP contribution in [0.3, 0.4) is 0 Å². The Morgan fingerprint density at radius 3 is 2.77 bits per heavy atom. The van der Waals surface area contributed by atoms with Crippen LogP contribution in [0.2, 0.25) is 5.02 Å². The number of halogens is 1. The van der Waals surface area contributed by atoms with E-state index in [9.17, 15) is 4.79 Å². The third kappa shape index (κ3) is 2.69. The molecule has 1 saturated heterocycles. The summed E-state index contributed by atoms with van der Waals surface area (Å²) >= 11 is 7.64. The van der Waals surface area contributed by atoms with Gasteiger partial charge in [-0.1, -0.05) is 65.8 Å². The van der Waals surface area contributed by atoms with Crippen LogP contribution in [0.25, 0.3) is 16.5 Å². The van der Waals surface area contributed by atoms with Gasteiger partial charge in [-0.3, -0.25) is 9.69 Å². The lowest BCUT2D eigenvalue weighted by molar-refractivity contribution is -0.125. The summed E-state index contributed by atoms with van der Waals surface area (Å²) in [5.41, 5.74) is 4.08. The minimum Gasteiger partial charge on any atom is -0.492 e. The van der Waals surface area contributed by atoms with Crippen LogP contribution in [-0.4, -0.2) is 28.3 Å². The lowest BCUT2D eigenvalue weighted by Gasteiger charge is -2.34. The molecule has 6 rings (SSSR count). The highest BCUT2D eigenvalue weighted by molar-refractivity contribution is 8.15. The number of fused-ring (bicyclic) bond motifs is 5. The first-order valence-electron chi connectivity index (χ1n) is 9.88. The molecule has 0 aliphatic carbocycles. The number of thioether (sulfide) groups is 1. The van der Waals surface area contributed by atoms with Crippen LogP contribution in [0.5, 0.6) is 5.75 Å². The first kappa shape index (κ1) is 18.0. The van der Waals surface area contributed by atoms with E-state index in [1.807, 2.05) is 41.3 Å². The van der Waals surface area contributed by atoms with Gasteiger partial charge in [0.25, 0.3) is 0 Å². The van der Waals surface area contributed by atoms with E-state index >= 15 is 0 Å². The van der Waals surface area contributed by atoms with E-state index < -0.39 is 0 Å². The molecule has 0 aromatic heterocycles. The molecular formula is C24H17ClN2O2S. The molecule has 3 heterocycles. The Morgan fingerprint density at radius 2 is 1.90 bits per heavy atom. The SMILES string of the molecule is O=C1CSC2=NC3=C(CCOc4c3ccc3ccccc43)C(c3ccc(Cl)cc3)N12. The summed E-state index contributed by atoms with van der Waals surface area (Å²) < 4.78 is 6.26. The van der Waals surface area contributed by atoms with Gasteiger partial charge >= 0.3 is 0 Å². The molecular weight excluding hydrogens is 416 g/mol. The molecule has 30 heavy (non-hydrogen) atoms. The zero-order valence-electron chi connectivity index (χ0n) is 16.0. The molecule has 0 bridgehead atoms. The fraction of sp³-hybridized carbons (Fsp3) is 0.167. The number of aliphatic imine (C=N–C) groups is 1. The van der Waals surface area contributed by atoms with E-state index in [4.69, 9.17) is 21.3 Å². The summed E-state index contributed by atoms with van der Waals surface area (Å²) in [6.07, 6.45) is 0.705. The second kappa shape index (κ2) is 6.89. The number of benzene rings is 3. The zero-order chi connectivity index (χ0) is 20.2. The predicted octanol–water partition coefficient (Wildman–Crippen LogP) is 5.67. The van der Waals surface area contributed by atoms with Gasteiger partial charge in [-0.05, 0) is 34.7 Å². The molecule has 1 amide bonds. The molecule has 0 spiro atoms. The van der Waals surface area contributed by atoms with Crippen LogP contribution in [0, 0.1) is 0 Å². The molecule has 3 aromatic carbocycles. The molecule has 3 aliphatic heterocycles. The Morgan fingerprint density at radius 1 is 1.07 bits per heavy atom. The van der Waals surface area contributed by atoms with Crippen molar-refractivity contribution in [1.29, 1.82) is 0 Å². The molecule has 0 saturated carbocycles. The lowest BCUT2D eigenvalue weighted by Crippen LogP contribution is -2.37. The number of rotatable bonds is 1. The second-order valence-corrected chi connectivity index (χ2v) is 8.92. The van der Waals surface area contributed by atoms with Crippen molar-refractivity contribution in [3.8, 4) is 5.75 Å². The summed E-state index contributed by atoms with van der Waals surface area (Å²) in [5.74, 6) is 1.39. The fourth-order valence-corrected chi connectivity index (χ4v) is 5.52. The molecule has 3 aromatic rings. The number of hydrogen-bond acceptors (Lipinski definition) is 4. The number of carbonyl (C=O) groups is 1. The normalized spacial score (nSPS) is 20.3. The van der Waals surface area contributed by atoms with Gasteiger partial charge in [0.05, 0.1) is 24.1 Å². The minimum absolute atomic E-state index is 0.0918. The second-order valence-electron chi connectivity index (χ2n) is 7.54. The lowest BCUT2D eigenvalue weighted by atomic mass is 9.90. The van der Waals surface area contributed by atoms with Crippen LogP contribution < -0.4 is 4.74 Å². The Balaban J connectivity index is 1.61. The highest BCUT2D eigenvalue weighted by atomic mass is 35.5. The molecule has 6 heteroatoms. The third-order valence-electron chi connectivity index (χ3n) is 5.84. The Kier molecular flexibility index (Phi) is 4.15. The number of hydrogen-bond donors (Lipinski definition) is 0. The van der Waals surface area contributed by atoms with E-state index in [0.717, 1.165) is 44.1 Å². The van der Waals surface area contributed by atoms with Gasteiger partial charge in [-0.25, -0.2) is 4.99 Å². The monoisotopic (exact) mass is 432 g/mol. The Bertz CT molecular complexity index is 1270. The number of ether oxygens (including phenoxy) is 1. The maximum absolute atomic E-state index is 12.8. The van der Waals surface area contributed by atoms with Gasteiger partial charge in [0.15, 0.2) is 5.17 Å². The van der Waals surface area contributed by atoms with Crippen LogP contribution in [0.1, 0.15) is 23.6 Å². The van der Waals surface area contributed by atoms with Gasteiger partial charge < -0.3 is 4.74 Å². The van der Waals surface area contributed by atoms with Crippen molar-refractivity contribution in [2.45, 2.75) is 12.5 Å². The first-order chi connectivity index (χ1) is 14.7. The van der Waals surface area contributed by atoms with Crippen LogP contribution in [0.15, 0.2) is 71.2 Å². The van der Waals surface area contributed by atoms with Crippen molar-refractivity contribution in [3.05, 3.63) is 82.4 Å². The number of amides is 1. The molecule has 3 aliphatic rings. The standard InChI is InChI=1S/C24H17ClN2O2S/c25-16-8-5-15(6-9-16)22-18-11-12-29-23-17-4-2-1-3-14(17)7-10-19(23)21(18)26-24-27(22)20(28)13-30-24/h1-10,22H,11-13H2. The smallest absolute Gasteiger partial charge is 0.239 e. The highest BCUT2D eigenvalue weighted by Gasteiger charge is 2.42. The highest BCUT2D eigenvalue weighted by Crippen LogP contribution is 2.48. The number of amidine groups is 1. The van der Waals surface area contributed by atoms with Gasteiger partial charge in [0.2, 0.25) is 5.91 Å². The molecule has 1 unspecified atom stereocenters. The summed E-state index contributed by atoms with van der Waals surface area (Å²) in [5, 5.41) is 3.68. The van der Waals surface area contributed by atoms with Crippen molar-refractivity contribution in [1.82, 2.24) is 4.90 Å². The molecule has 1 fully saturated rings. The van der Waals surface area contributed by atoms with E-state index in [2.05, 4.69) is 24.3 Å². The fourth-order valence-electron chi connectivity index (χ4n) is 4.50. The molecule has 148 valence electrons. The molecule has 4 nitrogen and oxygen atoms in total. The van der Waals surface area contributed by atoms with E-state index in [-0.39, 0.29) is 11.9 Å². The van der Waals surface area contributed by atoms with Crippen molar-refractivity contribution in [3.63, 3.8) is 0 Å². The zero-order valence-corrected chi connectivity index (χ0v) is 17.5. The van der Waals surface area contributed by atoms with Crippen molar-refractivity contribution >= 4 is 50.9 Å². The summed E-state index contributed by atoms with van der Waals surface area (Å²) in [6, 6.07) is 20.0. The van der Waals surface area contributed by atoms with Gasteiger partial charge in [0.1, 0.15) is 5.75 Å². The predicted molar refractivity (Wildman–Crippen MR) is 122 cm³/mol. The Labute approximate surface area is 183 Å². The topological polar surface area (TPSA) is 41.9 Å². The van der Waals surface area contributed by atoms with E-state index in [1.165, 1.54) is 11.8 Å². The number of nitrogens with zero attached hydrogens (tertiary/aromatic N) is 2. The molecule has 0 radical (unpaired) electrons. The summed E-state index contributed by atoms with van der Waals surface area (Å²) in [7, 11) is 0. The van der Waals surface area contributed by atoms with Crippen LogP contribution in [0.4, 0.5) is 0 Å². The van der Waals surface area contributed by atoms with Crippen molar-refractivity contribution < 1.29 is 9.53 Å². The first-order valence-corrected chi connectivity index (χ1v) is 11.2. The van der Waals surface area contributed by atoms with Crippen LogP contribution >= 0.6 is 23.4 Å². The molecule has 1 atom stereocenters. The average Bonchev–Trinajstić information content (AvgIpc) is 3.03. The van der Waals surface area contributed by atoms with E-state index in [0.29, 0.717) is 23.8 Å². The van der Waals surface area contributed by atoms with Crippen molar-refractivity contribution in [2.24, 2.45) is 4.99 Å². The summed E-state index contributed by atoms with van der Waals surface area (Å²) in [4.78, 5) is 19.6. The molecule has 0 N–H and O–H groups in total. The minimum atomic E-state index is -0.187. The van der Waals surface area contributed by atoms with Crippen LogP contribution in [-0.2, 0) is 4.79 Å². The third-order valence-corrected chi connectivity index (χ3v) is 7.03.